The zero-order valence-electron chi connectivity index (χ0n) is 10.2. The minimum absolute atomic E-state index is 0.0252. The molecule has 3 unspecified atom stereocenters. The van der Waals surface area contributed by atoms with Gasteiger partial charge >= 0.3 is 0 Å². The number of hydrogen-bond acceptors (Lipinski definition) is 2. The topological polar surface area (TPSA) is 15.3 Å². The van der Waals surface area contributed by atoms with Crippen LogP contribution < -0.4 is 10.7 Å². The number of rotatable bonds is 1. The monoisotopic (exact) mass is 334 g/mol. The number of hydrazine groups is 1. The van der Waals surface area contributed by atoms with E-state index in [2.05, 4.69) is 14.7 Å². The Bertz CT molecular complexity index is 547. The van der Waals surface area contributed by atoms with E-state index in [1.807, 2.05) is 23.2 Å². The van der Waals surface area contributed by atoms with Gasteiger partial charge in [-0.3, -0.25) is 5.01 Å². The van der Waals surface area contributed by atoms with Crippen molar-refractivity contribution in [3.05, 3.63) is 39.5 Å². The molecule has 2 aliphatic heterocycles. The van der Waals surface area contributed by atoms with Crippen LogP contribution in [-0.4, -0.2) is 10.5 Å². The van der Waals surface area contributed by atoms with E-state index >= 15 is 0 Å². The molecule has 1 aromatic carbocycles. The summed E-state index contributed by atoms with van der Waals surface area (Å²) < 4.78 is 0. The quantitative estimate of drug-likeness (QED) is 0.476. The van der Waals surface area contributed by atoms with Crippen LogP contribution in [-0.2, 0) is 0 Å². The van der Waals surface area contributed by atoms with Crippen molar-refractivity contribution in [1.29, 1.82) is 0 Å². The highest BCUT2D eigenvalue weighted by Crippen LogP contribution is 2.41. The number of piperidine rings is 1. The van der Waals surface area contributed by atoms with Gasteiger partial charge in [0, 0.05) is 10.7 Å². The van der Waals surface area contributed by atoms with Crippen molar-refractivity contribution in [1.82, 2.24) is 10.4 Å². The van der Waals surface area contributed by atoms with Crippen LogP contribution in [0, 0.1) is 0 Å². The highest BCUT2D eigenvalue weighted by molar-refractivity contribution is 7.27. The van der Waals surface area contributed by atoms with Crippen LogP contribution in [0.3, 0.4) is 0 Å². The fourth-order valence-corrected chi connectivity index (χ4v) is 4.04. The van der Waals surface area contributed by atoms with Gasteiger partial charge in [0.15, 0.2) is 0 Å². The highest BCUT2D eigenvalue weighted by Gasteiger charge is 2.36. The number of hydrogen-bond donors (Lipinski definition) is 1. The van der Waals surface area contributed by atoms with Gasteiger partial charge < -0.3 is 0 Å². The van der Waals surface area contributed by atoms with Gasteiger partial charge in [0.25, 0.3) is 0 Å². The minimum atomic E-state index is -0.0271. The highest BCUT2D eigenvalue weighted by atomic mass is 35.5. The maximum Gasteiger partial charge on any atom is 0.119 e. The van der Waals surface area contributed by atoms with Gasteiger partial charge in [-0.25, -0.2) is 5.43 Å². The fraction of sp³-hybridized carbons (Fsp3) is 0.385. The Kier molecular flexibility index (Phi) is 3.99. The molecule has 1 saturated heterocycles. The van der Waals surface area contributed by atoms with E-state index in [1.54, 1.807) is 0 Å². The third-order valence-electron chi connectivity index (χ3n) is 3.58. The van der Waals surface area contributed by atoms with E-state index in [0.717, 1.165) is 45.9 Å². The van der Waals surface area contributed by atoms with Crippen molar-refractivity contribution in [2.45, 2.75) is 30.8 Å². The Balaban J connectivity index is 1.97. The molecule has 6 heteroatoms. The summed E-state index contributed by atoms with van der Waals surface area (Å²) in [5.74, 6) is 0. The van der Waals surface area contributed by atoms with Crippen LogP contribution >= 0.6 is 44.0 Å². The normalized spacial score (nSPS) is 26.8. The van der Waals surface area contributed by atoms with Gasteiger partial charge in [-0.2, -0.15) is 0 Å². The third-order valence-corrected chi connectivity index (χ3v) is 5.17. The molecule has 3 rings (SSSR count). The van der Waals surface area contributed by atoms with E-state index in [9.17, 15) is 0 Å². The van der Waals surface area contributed by atoms with Crippen molar-refractivity contribution in [3.63, 3.8) is 0 Å². The number of halogens is 3. The molecule has 0 spiro atoms. The average molecular weight is 336 g/mol. The van der Waals surface area contributed by atoms with Crippen molar-refractivity contribution in [2.75, 3.05) is 0 Å². The van der Waals surface area contributed by atoms with Crippen LogP contribution in [0.4, 0.5) is 0 Å². The van der Waals surface area contributed by atoms with Crippen molar-refractivity contribution in [3.8, 4) is 0 Å². The summed E-state index contributed by atoms with van der Waals surface area (Å²) in [6.45, 7) is 0. The first-order valence-corrected chi connectivity index (χ1v) is 7.98. The molecule has 0 aromatic heterocycles. The minimum Gasteiger partial charge on any atom is -0.292 e. The Labute approximate surface area is 130 Å². The first-order chi connectivity index (χ1) is 9.08. The lowest BCUT2D eigenvalue weighted by Crippen LogP contribution is -2.41. The van der Waals surface area contributed by atoms with E-state index in [1.165, 1.54) is 0 Å². The molecule has 0 saturated carbocycles. The number of benzene rings is 1. The van der Waals surface area contributed by atoms with E-state index in [-0.39, 0.29) is 11.5 Å². The predicted octanol–water partition coefficient (Wildman–Crippen LogP) is 3.90. The molecular weight excluding hydrogens is 321 g/mol. The molecule has 3 atom stereocenters. The predicted molar refractivity (Wildman–Crippen MR) is 84.9 cm³/mol. The second-order valence-corrected chi connectivity index (χ2v) is 6.80. The molecule has 2 heterocycles. The average Bonchev–Trinajstić information content (AvgIpc) is 2.69. The molecule has 19 heavy (non-hydrogen) atoms. The van der Waals surface area contributed by atoms with Gasteiger partial charge in [-0.1, -0.05) is 40.9 Å². The molecule has 102 valence electrons. The van der Waals surface area contributed by atoms with Gasteiger partial charge in [0.05, 0.1) is 11.1 Å². The van der Waals surface area contributed by atoms with Gasteiger partial charge in [-0.05, 0) is 42.3 Å². The summed E-state index contributed by atoms with van der Waals surface area (Å²) in [5.41, 5.74) is 5.62. The molecule has 0 bridgehead atoms. The summed E-state index contributed by atoms with van der Waals surface area (Å²) in [5, 5.41) is 4.63. The summed E-state index contributed by atoms with van der Waals surface area (Å²) in [4.78, 5) is 0. The molecular formula is C13H14Cl3N2P. The Hall–Kier alpha value is 0.0200. The van der Waals surface area contributed by atoms with Crippen molar-refractivity contribution in [2.24, 2.45) is 0 Å². The standard InChI is InChI=1S/C13H14Cl3N2P/c14-7-4-5-8(10(19)6-7)13-12(16)9-2-1-3-11(15)18(9)17-13/h4-6,11,13,17H,1-3,19H2. The SMILES string of the molecule is Pc1cc(Cl)ccc1C1NN2C(=C1Cl)CCCC2Cl. The van der Waals surface area contributed by atoms with Crippen molar-refractivity contribution >= 4 is 49.3 Å². The van der Waals surface area contributed by atoms with E-state index < -0.39 is 0 Å². The van der Waals surface area contributed by atoms with Crippen LogP contribution in [0.2, 0.25) is 5.02 Å². The summed E-state index contributed by atoms with van der Waals surface area (Å²) in [6.07, 6.45) is 3.04. The summed E-state index contributed by atoms with van der Waals surface area (Å²) in [7, 11) is 2.71. The summed E-state index contributed by atoms with van der Waals surface area (Å²) >= 11 is 18.9. The molecule has 1 aromatic rings. The van der Waals surface area contributed by atoms with Crippen LogP contribution in [0.15, 0.2) is 28.9 Å². The van der Waals surface area contributed by atoms with E-state index in [4.69, 9.17) is 34.8 Å². The number of allylic oxidation sites excluding steroid dienone is 1. The lowest BCUT2D eigenvalue weighted by Gasteiger charge is -2.32. The number of alkyl halides is 1. The Morgan fingerprint density at radius 3 is 2.79 bits per heavy atom. The number of nitrogens with one attached hydrogen (secondary N) is 1. The lowest BCUT2D eigenvalue weighted by molar-refractivity contribution is 0.194. The van der Waals surface area contributed by atoms with Crippen LogP contribution in [0.25, 0.3) is 0 Å². The largest absolute Gasteiger partial charge is 0.292 e. The zero-order chi connectivity index (χ0) is 13.6. The fourth-order valence-electron chi connectivity index (χ4n) is 2.63. The molecule has 1 fully saturated rings. The third kappa shape index (κ3) is 2.50. The second kappa shape index (κ2) is 5.42. The Morgan fingerprint density at radius 1 is 1.32 bits per heavy atom. The maximum atomic E-state index is 6.54. The molecule has 0 amide bonds. The molecule has 2 nitrogen and oxygen atoms in total. The number of nitrogens with zero attached hydrogens (tertiary/aromatic N) is 1. The maximum absolute atomic E-state index is 6.54. The smallest absolute Gasteiger partial charge is 0.119 e. The number of fused-ring (bicyclic) bond motifs is 1. The lowest BCUT2D eigenvalue weighted by atomic mass is 10.0. The molecule has 0 aliphatic carbocycles. The Morgan fingerprint density at radius 2 is 2.11 bits per heavy atom. The van der Waals surface area contributed by atoms with Gasteiger partial charge in [0.2, 0.25) is 0 Å². The van der Waals surface area contributed by atoms with Gasteiger partial charge in [0.1, 0.15) is 5.50 Å². The van der Waals surface area contributed by atoms with Crippen LogP contribution in [0.1, 0.15) is 30.9 Å². The first kappa shape index (κ1) is 14.0. The second-order valence-electron chi connectivity index (χ2n) is 4.83. The molecule has 1 N–H and O–H groups in total. The van der Waals surface area contributed by atoms with Crippen LogP contribution in [0.5, 0.6) is 0 Å². The van der Waals surface area contributed by atoms with Crippen molar-refractivity contribution < 1.29 is 0 Å². The van der Waals surface area contributed by atoms with E-state index in [0.29, 0.717) is 0 Å². The molecule has 2 aliphatic rings. The first-order valence-electron chi connectivity index (χ1n) is 6.21. The van der Waals surface area contributed by atoms with Gasteiger partial charge in [-0.15, -0.1) is 9.24 Å². The summed E-state index contributed by atoms with van der Waals surface area (Å²) in [6, 6.07) is 5.79. The molecule has 0 radical (unpaired) electrons. The zero-order valence-corrected chi connectivity index (χ0v) is 13.6.